The lowest BCUT2D eigenvalue weighted by atomic mass is 10.1. The molecule has 3 aliphatic heterocycles. The highest BCUT2D eigenvalue weighted by atomic mass is 16.5. The average molecular weight is 338 g/mol. The Bertz CT molecular complexity index is 404. The third kappa shape index (κ3) is 4.83. The standard InChI is InChI=1S/C18H35N5O/c1-16(14-21-9-11-24-12-10-21)13-20-18(19-2)23-8-5-17(15-23)22-6-3-4-7-22/h16-17H,3-15H2,1-2H3,(H,19,20). The maximum atomic E-state index is 5.43. The second kappa shape index (κ2) is 9.02. The molecule has 0 radical (unpaired) electrons. The molecule has 1 N–H and O–H groups in total. The molecule has 0 bridgehead atoms. The van der Waals surface area contributed by atoms with Gasteiger partial charge >= 0.3 is 0 Å². The van der Waals surface area contributed by atoms with E-state index >= 15 is 0 Å². The van der Waals surface area contributed by atoms with Gasteiger partial charge in [0, 0.05) is 52.4 Å². The number of ether oxygens (including phenoxy) is 1. The van der Waals surface area contributed by atoms with Crippen LogP contribution in [0.4, 0.5) is 0 Å². The van der Waals surface area contributed by atoms with Gasteiger partial charge in [0.1, 0.15) is 0 Å². The molecule has 0 aromatic carbocycles. The summed E-state index contributed by atoms with van der Waals surface area (Å²) in [6.45, 7) is 13.2. The number of nitrogens with one attached hydrogen (secondary N) is 1. The number of nitrogens with zero attached hydrogens (tertiary/aromatic N) is 4. The first-order chi connectivity index (χ1) is 11.8. The fourth-order valence-electron chi connectivity index (χ4n) is 4.23. The van der Waals surface area contributed by atoms with Crippen molar-refractivity contribution in [3.8, 4) is 0 Å². The molecule has 3 heterocycles. The Hall–Kier alpha value is -0.850. The van der Waals surface area contributed by atoms with Crippen molar-refractivity contribution in [1.29, 1.82) is 0 Å². The maximum absolute atomic E-state index is 5.43. The molecule has 0 aromatic rings. The Kier molecular flexibility index (Phi) is 6.75. The number of morpholine rings is 1. The van der Waals surface area contributed by atoms with E-state index in [1.54, 1.807) is 0 Å². The maximum Gasteiger partial charge on any atom is 0.193 e. The number of likely N-dealkylation sites (tertiary alicyclic amines) is 2. The predicted octanol–water partition coefficient (Wildman–Crippen LogP) is 0.700. The van der Waals surface area contributed by atoms with Crippen LogP contribution in [0.5, 0.6) is 0 Å². The minimum Gasteiger partial charge on any atom is -0.379 e. The largest absolute Gasteiger partial charge is 0.379 e. The van der Waals surface area contributed by atoms with E-state index in [4.69, 9.17) is 4.74 Å². The minimum atomic E-state index is 0.622. The lowest BCUT2D eigenvalue weighted by Gasteiger charge is -2.30. The highest BCUT2D eigenvalue weighted by Crippen LogP contribution is 2.20. The van der Waals surface area contributed by atoms with Crippen molar-refractivity contribution >= 4 is 5.96 Å². The fraction of sp³-hybridized carbons (Fsp3) is 0.944. The molecule has 3 aliphatic rings. The number of aliphatic imine (C=N–C) groups is 1. The van der Waals surface area contributed by atoms with Crippen molar-refractivity contribution in [2.45, 2.75) is 32.2 Å². The highest BCUT2D eigenvalue weighted by Gasteiger charge is 2.30. The summed E-state index contributed by atoms with van der Waals surface area (Å²) in [5.41, 5.74) is 0. The quantitative estimate of drug-likeness (QED) is 0.591. The smallest absolute Gasteiger partial charge is 0.193 e. The Morgan fingerprint density at radius 1 is 1.17 bits per heavy atom. The van der Waals surface area contributed by atoms with E-state index in [9.17, 15) is 0 Å². The summed E-state index contributed by atoms with van der Waals surface area (Å²) in [5.74, 6) is 1.71. The normalized spacial score (nSPS) is 28.5. The zero-order chi connectivity index (χ0) is 16.8. The summed E-state index contributed by atoms with van der Waals surface area (Å²) in [7, 11) is 1.91. The molecule has 3 saturated heterocycles. The van der Waals surface area contributed by atoms with Gasteiger partial charge in [-0.25, -0.2) is 0 Å². The van der Waals surface area contributed by atoms with Crippen LogP contribution in [-0.4, -0.2) is 99.3 Å². The number of hydrogen-bond donors (Lipinski definition) is 1. The number of rotatable bonds is 5. The average Bonchev–Trinajstić information content (AvgIpc) is 3.28. The van der Waals surface area contributed by atoms with Gasteiger partial charge in [0.05, 0.1) is 13.2 Å². The van der Waals surface area contributed by atoms with Crippen LogP contribution in [0.2, 0.25) is 0 Å². The first-order valence-electron chi connectivity index (χ1n) is 9.76. The second-order valence-electron chi connectivity index (χ2n) is 7.58. The van der Waals surface area contributed by atoms with Crippen LogP contribution in [0.25, 0.3) is 0 Å². The van der Waals surface area contributed by atoms with Gasteiger partial charge in [-0.2, -0.15) is 0 Å². The van der Waals surface area contributed by atoms with E-state index in [1.165, 1.54) is 32.4 Å². The first kappa shape index (κ1) is 18.0. The van der Waals surface area contributed by atoms with Gasteiger partial charge in [0.25, 0.3) is 0 Å². The van der Waals surface area contributed by atoms with E-state index in [1.807, 2.05) is 7.05 Å². The lowest BCUT2D eigenvalue weighted by molar-refractivity contribution is 0.0320. The van der Waals surface area contributed by atoms with Crippen molar-refractivity contribution in [1.82, 2.24) is 20.0 Å². The Morgan fingerprint density at radius 2 is 1.92 bits per heavy atom. The molecule has 0 aromatic heterocycles. The molecule has 0 aliphatic carbocycles. The molecule has 0 saturated carbocycles. The Morgan fingerprint density at radius 3 is 2.62 bits per heavy atom. The summed E-state index contributed by atoms with van der Waals surface area (Å²) in [6, 6.07) is 0.733. The van der Waals surface area contributed by atoms with Crippen LogP contribution >= 0.6 is 0 Å². The summed E-state index contributed by atoms with van der Waals surface area (Å²) in [4.78, 5) is 12.2. The monoisotopic (exact) mass is 337 g/mol. The van der Waals surface area contributed by atoms with Crippen LogP contribution in [0, 0.1) is 5.92 Å². The van der Waals surface area contributed by atoms with Gasteiger partial charge in [0.2, 0.25) is 0 Å². The van der Waals surface area contributed by atoms with E-state index in [-0.39, 0.29) is 0 Å². The molecular weight excluding hydrogens is 302 g/mol. The Balaban J connectivity index is 1.40. The molecule has 6 heteroatoms. The summed E-state index contributed by atoms with van der Waals surface area (Å²) < 4.78 is 5.43. The summed E-state index contributed by atoms with van der Waals surface area (Å²) in [5, 5.41) is 3.61. The van der Waals surface area contributed by atoms with E-state index in [2.05, 4.69) is 31.9 Å². The molecule has 24 heavy (non-hydrogen) atoms. The lowest BCUT2D eigenvalue weighted by Crippen LogP contribution is -2.45. The van der Waals surface area contributed by atoms with E-state index < -0.39 is 0 Å². The number of hydrogen-bond acceptors (Lipinski definition) is 4. The molecule has 2 unspecified atom stereocenters. The zero-order valence-electron chi connectivity index (χ0n) is 15.5. The zero-order valence-corrected chi connectivity index (χ0v) is 15.5. The van der Waals surface area contributed by atoms with Gasteiger partial charge in [-0.3, -0.25) is 14.8 Å². The van der Waals surface area contributed by atoms with Gasteiger partial charge in [-0.05, 0) is 38.3 Å². The molecular formula is C18H35N5O. The van der Waals surface area contributed by atoms with Gasteiger partial charge < -0.3 is 15.0 Å². The van der Waals surface area contributed by atoms with Gasteiger partial charge in [-0.1, -0.05) is 6.92 Å². The molecule has 6 nitrogen and oxygen atoms in total. The predicted molar refractivity (Wildman–Crippen MR) is 98.6 cm³/mol. The van der Waals surface area contributed by atoms with Crippen molar-refractivity contribution in [3.05, 3.63) is 0 Å². The molecule has 3 fully saturated rings. The van der Waals surface area contributed by atoms with Crippen LogP contribution < -0.4 is 5.32 Å². The van der Waals surface area contributed by atoms with Gasteiger partial charge in [-0.15, -0.1) is 0 Å². The molecule has 2 atom stereocenters. The van der Waals surface area contributed by atoms with Crippen LogP contribution in [-0.2, 0) is 4.74 Å². The topological polar surface area (TPSA) is 43.3 Å². The van der Waals surface area contributed by atoms with Gasteiger partial charge in [0.15, 0.2) is 5.96 Å². The van der Waals surface area contributed by atoms with Crippen molar-refractivity contribution in [3.63, 3.8) is 0 Å². The second-order valence-corrected chi connectivity index (χ2v) is 7.58. The van der Waals surface area contributed by atoms with Crippen LogP contribution in [0.1, 0.15) is 26.2 Å². The van der Waals surface area contributed by atoms with Crippen LogP contribution in [0.15, 0.2) is 4.99 Å². The summed E-state index contributed by atoms with van der Waals surface area (Å²) >= 11 is 0. The van der Waals surface area contributed by atoms with Crippen molar-refractivity contribution < 1.29 is 4.74 Å². The Labute approximate surface area is 147 Å². The third-order valence-corrected chi connectivity index (χ3v) is 5.61. The van der Waals surface area contributed by atoms with E-state index in [0.29, 0.717) is 5.92 Å². The molecule has 3 rings (SSSR count). The molecule has 138 valence electrons. The van der Waals surface area contributed by atoms with Crippen molar-refractivity contribution in [2.24, 2.45) is 10.9 Å². The van der Waals surface area contributed by atoms with E-state index in [0.717, 1.165) is 64.5 Å². The molecule has 0 spiro atoms. The summed E-state index contributed by atoms with van der Waals surface area (Å²) in [6.07, 6.45) is 4.04. The first-order valence-corrected chi connectivity index (χ1v) is 9.76. The highest BCUT2D eigenvalue weighted by molar-refractivity contribution is 5.80. The fourth-order valence-corrected chi connectivity index (χ4v) is 4.23. The third-order valence-electron chi connectivity index (χ3n) is 5.61. The number of guanidine groups is 1. The van der Waals surface area contributed by atoms with Crippen molar-refractivity contribution in [2.75, 3.05) is 72.6 Å². The SMILES string of the molecule is CN=C(NCC(C)CN1CCOCC1)N1CCC(N2CCCC2)C1. The van der Waals surface area contributed by atoms with Crippen LogP contribution in [0.3, 0.4) is 0 Å². The molecule has 0 amide bonds. The minimum absolute atomic E-state index is 0.622.